The molecule has 0 bridgehead atoms. The first-order valence-corrected chi connectivity index (χ1v) is 11.2. The molecule has 0 unspecified atom stereocenters. The number of nitrogens with zero attached hydrogens (tertiary/aromatic N) is 1. The van der Waals surface area contributed by atoms with Gasteiger partial charge in [-0.2, -0.15) is 0 Å². The maximum atomic E-state index is 12.6. The number of para-hydroxylation sites is 1. The second kappa shape index (κ2) is 10.1. The molecule has 0 aliphatic heterocycles. The van der Waals surface area contributed by atoms with Crippen LogP contribution in [0.4, 0.5) is 11.4 Å². The Kier molecular flexibility index (Phi) is 7.78. The SMILES string of the molecule is CCCNC(=O)c1ccccc1NC(=O)c1ccc(N(CC)S(=O)(=O)CC)cc1. The lowest BCUT2D eigenvalue weighted by atomic mass is 10.1. The average molecular weight is 418 g/mol. The Morgan fingerprint density at radius 1 is 0.931 bits per heavy atom. The summed E-state index contributed by atoms with van der Waals surface area (Å²) < 4.78 is 25.7. The van der Waals surface area contributed by atoms with Gasteiger partial charge in [0, 0.05) is 18.7 Å². The fourth-order valence-electron chi connectivity index (χ4n) is 2.79. The Labute approximate surface area is 172 Å². The lowest BCUT2D eigenvalue weighted by Crippen LogP contribution is -2.32. The highest BCUT2D eigenvalue weighted by atomic mass is 32.2. The summed E-state index contributed by atoms with van der Waals surface area (Å²) in [4.78, 5) is 24.9. The number of nitrogens with one attached hydrogen (secondary N) is 2. The molecule has 0 saturated carbocycles. The molecule has 2 aromatic rings. The van der Waals surface area contributed by atoms with Crippen molar-refractivity contribution in [2.45, 2.75) is 27.2 Å². The van der Waals surface area contributed by atoms with E-state index in [1.807, 2.05) is 6.92 Å². The van der Waals surface area contributed by atoms with E-state index < -0.39 is 10.0 Å². The van der Waals surface area contributed by atoms with E-state index >= 15 is 0 Å². The Balaban J connectivity index is 2.20. The number of carbonyl (C=O) groups is 2. The highest BCUT2D eigenvalue weighted by molar-refractivity contribution is 7.92. The summed E-state index contributed by atoms with van der Waals surface area (Å²) in [5, 5.41) is 5.55. The molecular weight excluding hydrogens is 390 g/mol. The van der Waals surface area contributed by atoms with Gasteiger partial charge >= 0.3 is 0 Å². The van der Waals surface area contributed by atoms with Crippen LogP contribution < -0.4 is 14.9 Å². The summed E-state index contributed by atoms with van der Waals surface area (Å²) in [6.07, 6.45) is 0.815. The van der Waals surface area contributed by atoms with E-state index in [2.05, 4.69) is 10.6 Å². The van der Waals surface area contributed by atoms with E-state index in [0.29, 0.717) is 35.6 Å². The van der Waals surface area contributed by atoms with E-state index in [0.717, 1.165) is 6.42 Å². The van der Waals surface area contributed by atoms with Crippen molar-refractivity contribution in [3.05, 3.63) is 59.7 Å². The minimum Gasteiger partial charge on any atom is -0.352 e. The van der Waals surface area contributed by atoms with Crippen LogP contribution in [0.1, 0.15) is 47.9 Å². The number of benzene rings is 2. The molecule has 2 aromatic carbocycles. The second-order valence-corrected chi connectivity index (χ2v) is 8.55. The van der Waals surface area contributed by atoms with Crippen molar-refractivity contribution in [3.63, 3.8) is 0 Å². The molecule has 8 heteroatoms. The minimum absolute atomic E-state index is 0.0000427. The predicted molar refractivity (Wildman–Crippen MR) is 116 cm³/mol. The molecule has 0 aromatic heterocycles. The molecule has 0 fully saturated rings. The van der Waals surface area contributed by atoms with Crippen LogP contribution in [0.3, 0.4) is 0 Å². The van der Waals surface area contributed by atoms with E-state index in [1.54, 1.807) is 62.4 Å². The highest BCUT2D eigenvalue weighted by Crippen LogP contribution is 2.21. The minimum atomic E-state index is -3.38. The van der Waals surface area contributed by atoms with E-state index in [1.165, 1.54) is 4.31 Å². The van der Waals surface area contributed by atoms with Gasteiger partial charge in [-0.05, 0) is 56.7 Å². The third-order valence-corrected chi connectivity index (χ3v) is 6.23. The average Bonchev–Trinajstić information content (AvgIpc) is 2.73. The molecule has 156 valence electrons. The molecule has 0 aliphatic carbocycles. The standard InChI is InChI=1S/C21H27N3O4S/c1-4-15-22-21(26)18-9-7-8-10-19(18)23-20(25)16-11-13-17(14-12-16)24(5-2)29(27,28)6-3/h7-14H,4-6,15H2,1-3H3,(H,22,26)(H,23,25). The number of hydrogen-bond donors (Lipinski definition) is 2. The van der Waals surface area contributed by atoms with Gasteiger partial charge < -0.3 is 10.6 Å². The monoisotopic (exact) mass is 417 g/mol. The van der Waals surface area contributed by atoms with Crippen LogP contribution in [-0.4, -0.2) is 39.1 Å². The third-order valence-electron chi connectivity index (χ3n) is 4.36. The molecule has 2 amide bonds. The second-order valence-electron chi connectivity index (χ2n) is 6.37. The van der Waals surface area contributed by atoms with Crippen molar-refractivity contribution in [1.29, 1.82) is 0 Å². The van der Waals surface area contributed by atoms with E-state index in [9.17, 15) is 18.0 Å². The van der Waals surface area contributed by atoms with Crippen molar-refractivity contribution in [2.24, 2.45) is 0 Å². The zero-order chi connectivity index (χ0) is 21.4. The largest absolute Gasteiger partial charge is 0.352 e. The van der Waals surface area contributed by atoms with Gasteiger partial charge in [-0.25, -0.2) is 8.42 Å². The van der Waals surface area contributed by atoms with Crippen molar-refractivity contribution in [2.75, 3.05) is 28.5 Å². The van der Waals surface area contributed by atoms with Crippen LogP contribution in [0.2, 0.25) is 0 Å². The van der Waals surface area contributed by atoms with Crippen LogP contribution in [0.25, 0.3) is 0 Å². The summed E-state index contributed by atoms with van der Waals surface area (Å²) in [6, 6.07) is 13.1. The predicted octanol–water partition coefficient (Wildman–Crippen LogP) is 3.25. The molecule has 29 heavy (non-hydrogen) atoms. The first kappa shape index (κ1) is 22.4. The van der Waals surface area contributed by atoms with Gasteiger partial charge in [-0.3, -0.25) is 13.9 Å². The molecule has 0 heterocycles. The fourth-order valence-corrected chi connectivity index (χ4v) is 3.94. The summed E-state index contributed by atoms with van der Waals surface area (Å²) in [5.41, 5.74) is 1.67. The zero-order valence-electron chi connectivity index (χ0n) is 16.9. The molecule has 2 N–H and O–H groups in total. The molecule has 0 spiro atoms. The Hall–Kier alpha value is -2.87. The number of sulfonamides is 1. The number of carbonyl (C=O) groups excluding carboxylic acids is 2. The van der Waals surface area contributed by atoms with Crippen molar-refractivity contribution in [3.8, 4) is 0 Å². The first-order chi connectivity index (χ1) is 13.8. The van der Waals surface area contributed by atoms with Crippen LogP contribution in [0, 0.1) is 0 Å². The summed E-state index contributed by atoms with van der Waals surface area (Å²) in [6.45, 7) is 6.17. The quantitative estimate of drug-likeness (QED) is 0.655. The van der Waals surface area contributed by atoms with Crippen molar-refractivity contribution in [1.82, 2.24) is 5.32 Å². The Morgan fingerprint density at radius 2 is 1.59 bits per heavy atom. The number of rotatable bonds is 9. The van der Waals surface area contributed by atoms with Crippen LogP contribution in [0.15, 0.2) is 48.5 Å². The third kappa shape index (κ3) is 5.57. The molecule has 0 saturated heterocycles. The molecule has 7 nitrogen and oxygen atoms in total. The molecule has 0 atom stereocenters. The lowest BCUT2D eigenvalue weighted by Gasteiger charge is -2.22. The molecule has 2 rings (SSSR count). The number of hydrogen-bond acceptors (Lipinski definition) is 4. The van der Waals surface area contributed by atoms with Crippen LogP contribution >= 0.6 is 0 Å². The van der Waals surface area contributed by atoms with Crippen LogP contribution in [-0.2, 0) is 10.0 Å². The normalized spacial score (nSPS) is 11.0. The van der Waals surface area contributed by atoms with Crippen LogP contribution in [0.5, 0.6) is 0 Å². The van der Waals surface area contributed by atoms with Crippen molar-refractivity contribution < 1.29 is 18.0 Å². The van der Waals surface area contributed by atoms with Gasteiger partial charge in [0.2, 0.25) is 10.0 Å². The number of anilines is 2. The van der Waals surface area contributed by atoms with Gasteiger partial charge in [0.25, 0.3) is 11.8 Å². The van der Waals surface area contributed by atoms with Gasteiger partial charge in [-0.1, -0.05) is 19.1 Å². The van der Waals surface area contributed by atoms with E-state index in [4.69, 9.17) is 0 Å². The van der Waals surface area contributed by atoms with Gasteiger partial charge in [0.05, 0.1) is 22.7 Å². The summed E-state index contributed by atoms with van der Waals surface area (Å²) in [5.74, 6) is -0.630. The van der Waals surface area contributed by atoms with E-state index in [-0.39, 0.29) is 17.6 Å². The molecular formula is C21H27N3O4S. The maximum Gasteiger partial charge on any atom is 0.255 e. The zero-order valence-corrected chi connectivity index (χ0v) is 17.8. The first-order valence-electron chi connectivity index (χ1n) is 9.63. The smallest absolute Gasteiger partial charge is 0.255 e. The van der Waals surface area contributed by atoms with Gasteiger partial charge in [0.1, 0.15) is 0 Å². The summed E-state index contributed by atoms with van der Waals surface area (Å²) >= 11 is 0. The van der Waals surface area contributed by atoms with Gasteiger partial charge in [0.15, 0.2) is 0 Å². The number of amides is 2. The summed E-state index contributed by atoms with van der Waals surface area (Å²) in [7, 11) is -3.38. The molecule has 0 radical (unpaired) electrons. The maximum absolute atomic E-state index is 12.6. The highest BCUT2D eigenvalue weighted by Gasteiger charge is 2.19. The van der Waals surface area contributed by atoms with Gasteiger partial charge in [-0.15, -0.1) is 0 Å². The molecule has 0 aliphatic rings. The van der Waals surface area contributed by atoms with Crippen molar-refractivity contribution >= 4 is 33.2 Å². The topological polar surface area (TPSA) is 95.6 Å². The Bertz CT molecular complexity index is 956. The Morgan fingerprint density at radius 3 is 2.17 bits per heavy atom. The fraction of sp³-hybridized carbons (Fsp3) is 0.333. The lowest BCUT2D eigenvalue weighted by molar-refractivity contribution is 0.0954.